The molecule has 5 aromatic rings. The van der Waals surface area contributed by atoms with Gasteiger partial charge in [-0.15, -0.1) is 0 Å². The zero-order valence-electron chi connectivity index (χ0n) is 17.6. The first-order valence-electron chi connectivity index (χ1n) is 10.1. The van der Waals surface area contributed by atoms with Gasteiger partial charge in [-0.1, -0.05) is 48.5 Å². The minimum Gasteiger partial charge on any atom is -0.495 e. The summed E-state index contributed by atoms with van der Waals surface area (Å²) in [6, 6.07) is 33.3. The van der Waals surface area contributed by atoms with Crippen molar-refractivity contribution in [1.82, 2.24) is 9.13 Å². The third kappa shape index (κ3) is 3.87. The van der Waals surface area contributed by atoms with E-state index in [0.29, 0.717) is 0 Å². The van der Waals surface area contributed by atoms with Crippen molar-refractivity contribution in [2.45, 2.75) is 13.8 Å². The summed E-state index contributed by atoms with van der Waals surface area (Å²) in [6.45, 7) is 4.22. The van der Waals surface area contributed by atoms with E-state index in [9.17, 15) is 0 Å². The Balaban J connectivity index is 0.000000147. The van der Waals surface area contributed by atoms with Crippen molar-refractivity contribution < 1.29 is 4.74 Å². The normalized spacial score (nSPS) is 10.5. The molecule has 3 nitrogen and oxygen atoms in total. The lowest BCUT2D eigenvalue weighted by Gasteiger charge is -2.10. The smallest absolute Gasteiger partial charge is 0.142 e. The maximum absolute atomic E-state index is 5.30. The van der Waals surface area contributed by atoms with E-state index >= 15 is 0 Å². The van der Waals surface area contributed by atoms with Gasteiger partial charge in [0.1, 0.15) is 5.75 Å². The van der Waals surface area contributed by atoms with Gasteiger partial charge in [0.25, 0.3) is 0 Å². The number of para-hydroxylation sites is 4. The molecule has 3 heteroatoms. The van der Waals surface area contributed by atoms with E-state index in [1.165, 1.54) is 28.0 Å². The summed E-state index contributed by atoms with van der Waals surface area (Å²) >= 11 is 0. The average molecular weight is 395 g/mol. The molecule has 0 bridgehead atoms. The molecule has 0 aliphatic heterocycles. The van der Waals surface area contributed by atoms with E-state index < -0.39 is 0 Å². The Morgan fingerprint density at radius 1 is 0.667 bits per heavy atom. The lowest BCUT2D eigenvalue weighted by atomic mass is 10.2. The predicted molar refractivity (Wildman–Crippen MR) is 125 cm³/mol. The van der Waals surface area contributed by atoms with Crippen LogP contribution in [0.5, 0.6) is 5.75 Å². The van der Waals surface area contributed by atoms with Crippen LogP contribution >= 0.6 is 0 Å². The lowest BCUT2D eigenvalue weighted by Crippen LogP contribution is -1.97. The number of nitrogens with zero attached hydrogens (tertiary/aromatic N) is 2. The van der Waals surface area contributed by atoms with Crippen LogP contribution in [0.25, 0.3) is 22.3 Å². The molecule has 0 fully saturated rings. The molecule has 2 heterocycles. The molecule has 0 spiro atoms. The monoisotopic (exact) mass is 394 g/mol. The van der Waals surface area contributed by atoms with Crippen LogP contribution in [-0.4, -0.2) is 16.2 Å². The molecular formula is C27H26N2O. The summed E-state index contributed by atoms with van der Waals surface area (Å²) in [7, 11) is 1.69. The number of rotatable bonds is 3. The summed E-state index contributed by atoms with van der Waals surface area (Å²) in [5.74, 6) is 0.895. The maximum atomic E-state index is 5.30. The number of hydrogen-bond acceptors (Lipinski definition) is 1. The molecule has 0 unspecified atom stereocenters. The largest absolute Gasteiger partial charge is 0.495 e. The second-order valence-electron chi connectivity index (χ2n) is 7.21. The molecule has 5 rings (SSSR count). The first-order chi connectivity index (χ1) is 14.7. The Bertz CT molecular complexity index is 1250. The number of aromatic nitrogens is 2. The van der Waals surface area contributed by atoms with Crippen LogP contribution < -0.4 is 4.74 Å². The summed E-state index contributed by atoms with van der Waals surface area (Å²) in [5.41, 5.74) is 6.05. The van der Waals surface area contributed by atoms with Crippen LogP contribution in [0.3, 0.4) is 0 Å². The number of fused-ring (bicyclic) bond motifs is 1. The molecule has 0 saturated carbocycles. The van der Waals surface area contributed by atoms with Crippen LogP contribution in [0.2, 0.25) is 0 Å². The van der Waals surface area contributed by atoms with Gasteiger partial charge in [0.2, 0.25) is 0 Å². The van der Waals surface area contributed by atoms with Crippen molar-refractivity contribution >= 4 is 10.9 Å². The number of benzene rings is 3. The fraction of sp³-hybridized carbons (Fsp3) is 0.111. The molecule has 0 atom stereocenters. The van der Waals surface area contributed by atoms with E-state index in [4.69, 9.17) is 4.74 Å². The lowest BCUT2D eigenvalue weighted by molar-refractivity contribution is 0.412. The zero-order valence-corrected chi connectivity index (χ0v) is 17.6. The van der Waals surface area contributed by atoms with Crippen molar-refractivity contribution in [2.24, 2.45) is 0 Å². The fourth-order valence-corrected chi connectivity index (χ4v) is 3.78. The van der Waals surface area contributed by atoms with Gasteiger partial charge in [0.05, 0.1) is 18.3 Å². The van der Waals surface area contributed by atoms with Gasteiger partial charge >= 0.3 is 0 Å². The van der Waals surface area contributed by atoms with Gasteiger partial charge in [0.15, 0.2) is 0 Å². The van der Waals surface area contributed by atoms with E-state index in [1.54, 1.807) is 7.11 Å². The number of aryl methyl sites for hydroxylation is 2. The third-order valence-electron chi connectivity index (χ3n) is 5.21. The van der Waals surface area contributed by atoms with Crippen molar-refractivity contribution in [2.75, 3.05) is 7.11 Å². The number of methoxy groups -OCH3 is 1. The molecule has 0 amide bonds. The van der Waals surface area contributed by atoms with Crippen LogP contribution in [0.4, 0.5) is 0 Å². The highest BCUT2D eigenvalue weighted by Gasteiger charge is 2.06. The van der Waals surface area contributed by atoms with E-state index in [0.717, 1.165) is 11.4 Å². The Labute approximate surface area is 177 Å². The van der Waals surface area contributed by atoms with Crippen molar-refractivity contribution in [3.63, 3.8) is 0 Å². The molecule has 0 N–H and O–H groups in total. The Hall–Kier alpha value is -3.72. The molecule has 0 saturated heterocycles. The second kappa shape index (κ2) is 8.75. The fourth-order valence-electron chi connectivity index (χ4n) is 3.78. The van der Waals surface area contributed by atoms with Gasteiger partial charge < -0.3 is 13.9 Å². The summed E-state index contributed by atoms with van der Waals surface area (Å²) < 4.78 is 9.70. The Morgan fingerprint density at radius 3 is 2.10 bits per heavy atom. The van der Waals surface area contributed by atoms with E-state index in [-0.39, 0.29) is 0 Å². The van der Waals surface area contributed by atoms with Gasteiger partial charge in [-0.05, 0) is 62.4 Å². The SMILES string of the molecule is COc1ccccc1-n1cccc1C.Cc1cc2ccccc2n1-c1ccccc1. The highest BCUT2D eigenvalue weighted by molar-refractivity contribution is 5.83. The standard InChI is InChI=1S/C15H13N.C12H13NO/c1-12-11-13-7-5-6-10-15(13)16(12)14-8-3-2-4-9-14;1-10-6-5-9-13(10)11-7-3-4-8-12(11)14-2/h2-11H,1H3;3-9H,1-2H3. The maximum Gasteiger partial charge on any atom is 0.142 e. The van der Waals surface area contributed by atoms with Crippen LogP contribution in [-0.2, 0) is 0 Å². The van der Waals surface area contributed by atoms with Crippen molar-refractivity contribution in [3.8, 4) is 17.1 Å². The summed E-state index contributed by atoms with van der Waals surface area (Å²) in [4.78, 5) is 0. The molecule has 2 aromatic heterocycles. The molecule has 3 aromatic carbocycles. The topological polar surface area (TPSA) is 19.1 Å². The molecule has 0 radical (unpaired) electrons. The minimum absolute atomic E-state index is 0.895. The Kier molecular flexibility index (Phi) is 5.71. The predicted octanol–water partition coefficient (Wildman–Crippen LogP) is 6.73. The van der Waals surface area contributed by atoms with Gasteiger partial charge in [-0.2, -0.15) is 0 Å². The average Bonchev–Trinajstić information content (AvgIpc) is 3.36. The van der Waals surface area contributed by atoms with Gasteiger partial charge in [-0.3, -0.25) is 0 Å². The highest BCUT2D eigenvalue weighted by atomic mass is 16.5. The Morgan fingerprint density at radius 2 is 1.37 bits per heavy atom. The molecular weight excluding hydrogens is 368 g/mol. The molecule has 150 valence electrons. The van der Waals surface area contributed by atoms with Crippen LogP contribution in [0, 0.1) is 13.8 Å². The van der Waals surface area contributed by atoms with Gasteiger partial charge in [0, 0.05) is 28.7 Å². The third-order valence-corrected chi connectivity index (χ3v) is 5.21. The second-order valence-corrected chi connectivity index (χ2v) is 7.21. The zero-order chi connectivity index (χ0) is 20.9. The highest BCUT2D eigenvalue weighted by Crippen LogP contribution is 2.24. The van der Waals surface area contributed by atoms with E-state index in [1.807, 2.05) is 42.6 Å². The summed E-state index contributed by atoms with van der Waals surface area (Å²) in [5, 5.41) is 1.30. The van der Waals surface area contributed by atoms with Crippen LogP contribution in [0.1, 0.15) is 11.4 Å². The first kappa shape index (κ1) is 19.6. The van der Waals surface area contributed by atoms with Crippen LogP contribution in [0.15, 0.2) is 103 Å². The van der Waals surface area contributed by atoms with E-state index in [2.05, 4.69) is 83.6 Å². The number of ether oxygens (including phenoxy) is 1. The quantitative estimate of drug-likeness (QED) is 0.332. The van der Waals surface area contributed by atoms with Crippen molar-refractivity contribution in [3.05, 3.63) is 115 Å². The molecule has 0 aliphatic carbocycles. The number of hydrogen-bond donors (Lipinski definition) is 0. The minimum atomic E-state index is 0.895. The summed E-state index contributed by atoms with van der Waals surface area (Å²) in [6.07, 6.45) is 2.03. The molecule has 30 heavy (non-hydrogen) atoms. The molecule has 0 aliphatic rings. The van der Waals surface area contributed by atoms with Crippen molar-refractivity contribution in [1.29, 1.82) is 0 Å². The van der Waals surface area contributed by atoms with Gasteiger partial charge in [-0.25, -0.2) is 0 Å². The first-order valence-corrected chi connectivity index (χ1v) is 10.1.